The van der Waals surface area contributed by atoms with Crippen LogP contribution in [0.1, 0.15) is 12.8 Å². The molecule has 3 N–H and O–H groups in total. The van der Waals surface area contributed by atoms with E-state index in [0.29, 0.717) is 11.9 Å². The van der Waals surface area contributed by atoms with E-state index in [4.69, 9.17) is 10.5 Å². The van der Waals surface area contributed by atoms with E-state index in [1.165, 1.54) is 12.8 Å². The number of methoxy groups -OCH3 is 1. The number of nitrogens with zero attached hydrogens (tertiary/aromatic N) is 2. The third-order valence-electron chi connectivity index (χ3n) is 2.48. The zero-order valence-electron chi connectivity index (χ0n) is 8.36. The molecule has 1 aromatic rings. The van der Waals surface area contributed by atoms with Crippen LogP contribution < -0.4 is 10.6 Å². The zero-order chi connectivity index (χ0) is 9.97. The fourth-order valence-electron chi connectivity index (χ4n) is 1.59. The number of hydrogen-bond donors (Lipinski definition) is 2. The van der Waals surface area contributed by atoms with Crippen molar-refractivity contribution in [2.24, 2.45) is 0 Å². The van der Waals surface area contributed by atoms with Crippen molar-refractivity contribution in [1.82, 2.24) is 10.2 Å². The lowest BCUT2D eigenvalue weighted by Crippen LogP contribution is -2.29. The summed E-state index contributed by atoms with van der Waals surface area (Å²) in [5.74, 6) is 0.646. The highest BCUT2D eigenvalue weighted by molar-refractivity contribution is 5.63. The molecule has 0 saturated heterocycles. The third-order valence-corrected chi connectivity index (χ3v) is 2.48. The number of rotatable bonds is 5. The Kier molecular flexibility index (Phi) is 2.58. The summed E-state index contributed by atoms with van der Waals surface area (Å²) < 4.78 is 5.08. The van der Waals surface area contributed by atoms with Crippen LogP contribution in [0.5, 0.6) is 0 Å². The van der Waals surface area contributed by atoms with Crippen LogP contribution in [0.15, 0.2) is 6.20 Å². The van der Waals surface area contributed by atoms with Gasteiger partial charge in [-0.2, -0.15) is 5.10 Å². The van der Waals surface area contributed by atoms with Crippen molar-refractivity contribution in [2.75, 3.05) is 30.9 Å². The van der Waals surface area contributed by atoms with Crippen LogP contribution in [0.3, 0.4) is 0 Å². The molecular formula is C9H16N4O. The first-order valence-corrected chi connectivity index (χ1v) is 4.87. The lowest BCUT2D eigenvalue weighted by atomic mass is 10.4. The van der Waals surface area contributed by atoms with Gasteiger partial charge >= 0.3 is 0 Å². The standard InChI is InChI=1S/C9H16N4O/c1-14-5-4-13(7-2-3-7)8-6-11-12-9(8)10/h6-7H,2-5H2,1H3,(H3,10,11,12). The summed E-state index contributed by atoms with van der Waals surface area (Å²) in [4.78, 5) is 2.27. The molecule has 0 atom stereocenters. The molecule has 78 valence electrons. The molecule has 1 aromatic heterocycles. The van der Waals surface area contributed by atoms with E-state index in [1.807, 2.05) is 0 Å². The first kappa shape index (κ1) is 9.33. The van der Waals surface area contributed by atoms with Gasteiger partial charge in [-0.1, -0.05) is 0 Å². The summed E-state index contributed by atoms with van der Waals surface area (Å²) in [5, 5.41) is 6.68. The number of nitrogen functional groups attached to an aromatic ring is 1. The Morgan fingerprint density at radius 1 is 1.71 bits per heavy atom. The van der Waals surface area contributed by atoms with Gasteiger partial charge in [0.15, 0.2) is 0 Å². The number of anilines is 2. The first-order chi connectivity index (χ1) is 6.83. The Morgan fingerprint density at radius 2 is 2.50 bits per heavy atom. The van der Waals surface area contributed by atoms with E-state index >= 15 is 0 Å². The molecular weight excluding hydrogens is 180 g/mol. The van der Waals surface area contributed by atoms with Crippen LogP contribution in [0.4, 0.5) is 11.5 Å². The van der Waals surface area contributed by atoms with Crippen LogP contribution in [0, 0.1) is 0 Å². The molecule has 5 heteroatoms. The molecule has 1 aliphatic rings. The number of ether oxygens (including phenoxy) is 1. The van der Waals surface area contributed by atoms with E-state index in [9.17, 15) is 0 Å². The van der Waals surface area contributed by atoms with Crippen LogP contribution in [-0.4, -0.2) is 36.5 Å². The molecule has 1 saturated carbocycles. The van der Waals surface area contributed by atoms with E-state index in [-0.39, 0.29) is 0 Å². The number of nitrogens with two attached hydrogens (primary N) is 1. The predicted octanol–water partition coefficient (Wildman–Crippen LogP) is 0.607. The summed E-state index contributed by atoms with van der Waals surface area (Å²) in [6.07, 6.45) is 4.27. The summed E-state index contributed by atoms with van der Waals surface area (Å²) in [6.45, 7) is 1.60. The van der Waals surface area contributed by atoms with Gasteiger partial charge in [0.05, 0.1) is 18.5 Å². The fourth-order valence-corrected chi connectivity index (χ4v) is 1.59. The lowest BCUT2D eigenvalue weighted by Gasteiger charge is -2.22. The van der Waals surface area contributed by atoms with Gasteiger partial charge in [0.25, 0.3) is 0 Å². The molecule has 1 aliphatic carbocycles. The highest BCUT2D eigenvalue weighted by Gasteiger charge is 2.30. The molecule has 14 heavy (non-hydrogen) atoms. The first-order valence-electron chi connectivity index (χ1n) is 4.87. The maximum atomic E-state index is 5.78. The monoisotopic (exact) mass is 196 g/mol. The second-order valence-corrected chi connectivity index (χ2v) is 3.59. The Bertz CT molecular complexity index is 295. The fraction of sp³-hybridized carbons (Fsp3) is 0.667. The van der Waals surface area contributed by atoms with E-state index in [0.717, 1.165) is 18.8 Å². The van der Waals surface area contributed by atoms with Gasteiger partial charge in [-0.25, -0.2) is 0 Å². The molecule has 1 heterocycles. The smallest absolute Gasteiger partial charge is 0.142 e. The molecule has 0 bridgehead atoms. The lowest BCUT2D eigenvalue weighted by molar-refractivity contribution is 0.205. The predicted molar refractivity (Wildman–Crippen MR) is 55.2 cm³/mol. The molecule has 2 rings (SSSR count). The van der Waals surface area contributed by atoms with Gasteiger partial charge in [0, 0.05) is 19.7 Å². The number of aromatic nitrogens is 2. The number of aromatic amines is 1. The van der Waals surface area contributed by atoms with E-state index in [2.05, 4.69) is 15.1 Å². The highest BCUT2D eigenvalue weighted by Crippen LogP contribution is 2.33. The molecule has 0 unspecified atom stereocenters. The molecule has 0 amide bonds. The maximum Gasteiger partial charge on any atom is 0.142 e. The minimum atomic E-state index is 0.630. The van der Waals surface area contributed by atoms with Gasteiger partial charge in [-0.3, -0.25) is 5.10 Å². The topological polar surface area (TPSA) is 67.2 Å². The van der Waals surface area contributed by atoms with Crippen molar-refractivity contribution in [3.63, 3.8) is 0 Å². The number of H-pyrrole nitrogens is 1. The SMILES string of the molecule is COCCN(c1cn[nH]c1N)C1CC1. The summed E-state index contributed by atoms with van der Waals surface area (Å²) >= 11 is 0. The Balaban J connectivity index is 2.06. The van der Waals surface area contributed by atoms with Crippen molar-refractivity contribution in [3.05, 3.63) is 6.20 Å². The van der Waals surface area contributed by atoms with Crippen LogP contribution >= 0.6 is 0 Å². The largest absolute Gasteiger partial charge is 0.383 e. The molecule has 5 nitrogen and oxygen atoms in total. The minimum Gasteiger partial charge on any atom is -0.383 e. The van der Waals surface area contributed by atoms with Gasteiger partial charge in [0.1, 0.15) is 5.82 Å². The average molecular weight is 196 g/mol. The van der Waals surface area contributed by atoms with E-state index < -0.39 is 0 Å². The van der Waals surface area contributed by atoms with Crippen molar-refractivity contribution in [2.45, 2.75) is 18.9 Å². The van der Waals surface area contributed by atoms with Gasteiger partial charge in [-0.15, -0.1) is 0 Å². The second-order valence-electron chi connectivity index (χ2n) is 3.59. The van der Waals surface area contributed by atoms with Crippen LogP contribution in [0.2, 0.25) is 0 Å². The Hall–Kier alpha value is -1.23. The average Bonchev–Trinajstić information content (AvgIpc) is 2.92. The summed E-state index contributed by atoms with van der Waals surface area (Å²) in [5.41, 5.74) is 6.78. The van der Waals surface area contributed by atoms with Crippen LogP contribution in [0.25, 0.3) is 0 Å². The Labute approximate surface area is 83.2 Å². The van der Waals surface area contributed by atoms with Gasteiger partial charge < -0.3 is 15.4 Å². The highest BCUT2D eigenvalue weighted by atomic mass is 16.5. The van der Waals surface area contributed by atoms with E-state index in [1.54, 1.807) is 13.3 Å². The third kappa shape index (κ3) is 1.82. The normalized spacial score (nSPS) is 15.8. The maximum absolute atomic E-state index is 5.78. The molecule has 1 fully saturated rings. The van der Waals surface area contributed by atoms with Crippen LogP contribution in [-0.2, 0) is 4.74 Å². The number of nitrogens with one attached hydrogen (secondary N) is 1. The van der Waals surface area contributed by atoms with Crippen molar-refractivity contribution in [1.29, 1.82) is 0 Å². The quantitative estimate of drug-likeness (QED) is 0.724. The zero-order valence-corrected chi connectivity index (χ0v) is 8.36. The Morgan fingerprint density at radius 3 is 3.00 bits per heavy atom. The summed E-state index contributed by atoms with van der Waals surface area (Å²) in [7, 11) is 1.71. The summed E-state index contributed by atoms with van der Waals surface area (Å²) in [6, 6.07) is 0.630. The van der Waals surface area contributed by atoms with Gasteiger partial charge in [0.2, 0.25) is 0 Å². The second kappa shape index (κ2) is 3.88. The van der Waals surface area contributed by atoms with Gasteiger partial charge in [-0.05, 0) is 12.8 Å². The molecule has 0 aromatic carbocycles. The molecule has 0 aliphatic heterocycles. The number of hydrogen-bond acceptors (Lipinski definition) is 4. The minimum absolute atomic E-state index is 0.630. The van der Waals surface area contributed by atoms with Crippen molar-refractivity contribution in [3.8, 4) is 0 Å². The molecule has 0 radical (unpaired) electrons. The van der Waals surface area contributed by atoms with Crippen molar-refractivity contribution < 1.29 is 4.74 Å². The molecule has 0 spiro atoms. The van der Waals surface area contributed by atoms with Crippen molar-refractivity contribution >= 4 is 11.5 Å².